The molecule has 7 nitrogen and oxygen atoms in total. The van der Waals surface area contributed by atoms with Gasteiger partial charge in [-0.25, -0.2) is 8.42 Å². The number of sulfonamides is 1. The molecule has 0 saturated heterocycles. The third kappa shape index (κ3) is 6.25. The second kappa shape index (κ2) is 12.8. The normalized spacial score (nSPS) is 40.3. The van der Waals surface area contributed by atoms with Crippen LogP contribution in [0, 0.1) is 51.8 Å². The maximum atomic E-state index is 12.8. The van der Waals surface area contributed by atoms with Crippen molar-refractivity contribution in [1.82, 2.24) is 4.72 Å². The van der Waals surface area contributed by atoms with Gasteiger partial charge < -0.3 is 9.84 Å². The first kappa shape index (κ1) is 34.2. The predicted molar refractivity (Wildman–Crippen MR) is 173 cm³/mol. The highest BCUT2D eigenvalue weighted by Crippen LogP contribution is 2.68. The van der Waals surface area contributed by atoms with E-state index in [1.165, 1.54) is 12.8 Å². The lowest BCUT2D eigenvalue weighted by atomic mass is 9.43. The SMILES string of the molecule is CCC(C)(C)C(=O)O[C@H]1CC[C@@]2(C)C(CCC3C2C[C@H](O)[C@]2(C)C(C(C)CCC(=O)NS(=O)(=O)C4CCCCC4)CCC32)C1. The number of hydrogen-bond acceptors (Lipinski definition) is 6. The first-order chi connectivity index (χ1) is 20.6. The third-order valence-corrected chi connectivity index (χ3v) is 16.1. The van der Waals surface area contributed by atoms with Gasteiger partial charge in [0.25, 0.3) is 0 Å². The van der Waals surface area contributed by atoms with Gasteiger partial charge in [0.05, 0.1) is 16.8 Å². The molecule has 0 aliphatic heterocycles. The van der Waals surface area contributed by atoms with E-state index in [0.717, 1.165) is 64.2 Å². The van der Waals surface area contributed by atoms with E-state index in [2.05, 4.69) is 25.5 Å². The molecule has 5 aliphatic rings. The Kier molecular flexibility index (Phi) is 9.95. The maximum absolute atomic E-state index is 12.8. The van der Waals surface area contributed by atoms with Crippen LogP contribution in [0.5, 0.6) is 0 Å². The Hall–Kier alpha value is -1.15. The predicted octanol–water partition coefficient (Wildman–Crippen LogP) is 7.16. The van der Waals surface area contributed by atoms with Gasteiger partial charge >= 0.3 is 5.97 Å². The zero-order valence-corrected chi connectivity index (χ0v) is 29.2. The molecule has 0 radical (unpaired) electrons. The zero-order chi connectivity index (χ0) is 32.1. The number of ether oxygens (including phenoxy) is 1. The molecule has 5 aliphatic carbocycles. The van der Waals surface area contributed by atoms with Crippen LogP contribution in [0.1, 0.15) is 144 Å². The van der Waals surface area contributed by atoms with Crippen LogP contribution in [-0.4, -0.2) is 42.9 Å². The molecule has 8 heteroatoms. The molecule has 6 unspecified atom stereocenters. The Balaban J connectivity index is 1.20. The van der Waals surface area contributed by atoms with Gasteiger partial charge in [-0.1, -0.05) is 47.0 Å². The van der Waals surface area contributed by atoms with Crippen molar-refractivity contribution in [2.45, 2.75) is 162 Å². The number of aliphatic hydroxyl groups excluding tert-OH is 1. The highest BCUT2D eigenvalue weighted by atomic mass is 32.2. The number of esters is 1. The van der Waals surface area contributed by atoms with E-state index in [1.54, 1.807) is 0 Å². The highest BCUT2D eigenvalue weighted by Gasteiger charge is 2.64. The van der Waals surface area contributed by atoms with Crippen LogP contribution in [0.3, 0.4) is 0 Å². The standard InChI is InChI=1S/C36H61NO6S/c1-7-34(3,4)33(40)43-25-19-20-35(5)24(21-25)14-15-27-29-17-16-28(36(29,6)31(38)22-30(27)35)23(2)13-18-32(39)37-44(41,42)26-11-9-8-10-12-26/h23-31,38H,7-22H2,1-6H3,(H,37,39)/t23?,24?,25-,27?,28?,29?,30?,31-,35-,36+/m0/s1. The largest absolute Gasteiger partial charge is 0.462 e. The Morgan fingerprint density at radius 2 is 1.68 bits per heavy atom. The van der Waals surface area contributed by atoms with Gasteiger partial charge in [0.2, 0.25) is 15.9 Å². The first-order valence-electron chi connectivity index (χ1n) is 18.1. The Bertz CT molecular complexity index is 1160. The van der Waals surface area contributed by atoms with Gasteiger partial charge in [0.15, 0.2) is 0 Å². The Morgan fingerprint density at radius 1 is 0.977 bits per heavy atom. The fourth-order valence-electron chi connectivity index (χ4n) is 10.9. The molecule has 5 saturated carbocycles. The van der Waals surface area contributed by atoms with Crippen molar-refractivity contribution in [1.29, 1.82) is 0 Å². The number of carbonyl (C=O) groups is 2. The van der Waals surface area contributed by atoms with Gasteiger partial charge in [-0.2, -0.15) is 0 Å². The molecule has 5 fully saturated rings. The van der Waals surface area contributed by atoms with Gasteiger partial charge in [0.1, 0.15) is 6.10 Å². The van der Waals surface area contributed by atoms with Crippen LogP contribution in [0.15, 0.2) is 0 Å². The Morgan fingerprint density at radius 3 is 2.36 bits per heavy atom. The third-order valence-electron chi connectivity index (χ3n) is 14.3. The molecule has 0 aromatic rings. The lowest BCUT2D eigenvalue weighted by Gasteiger charge is -2.62. The molecule has 0 spiro atoms. The summed E-state index contributed by atoms with van der Waals surface area (Å²) in [7, 11) is -3.60. The fourth-order valence-corrected chi connectivity index (χ4v) is 12.5. The quantitative estimate of drug-likeness (QED) is 0.260. The zero-order valence-electron chi connectivity index (χ0n) is 28.4. The molecule has 252 valence electrons. The lowest BCUT2D eigenvalue weighted by Crippen LogP contribution is -2.59. The molecule has 1 amide bonds. The number of nitrogens with one attached hydrogen (secondary N) is 1. The topological polar surface area (TPSA) is 110 Å². The second-order valence-corrected chi connectivity index (χ2v) is 18.8. The van der Waals surface area contributed by atoms with E-state index in [0.29, 0.717) is 48.9 Å². The summed E-state index contributed by atoms with van der Waals surface area (Å²) in [6, 6.07) is 0. The van der Waals surface area contributed by atoms with Crippen LogP contribution >= 0.6 is 0 Å². The summed E-state index contributed by atoms with van der Waals surface area (Å²) in [6.45, 7) is 13.0. The van der Waals surface area contributed by atoms with Gasteiger partial charge in [0, 0.05) is 6.42 Å². The van der Waals surface area contributed by atoms with Gasteiger partial charge in [-0.15, -0.1) is 0 Å². The van der Waals surface area contributed by atoms with Crippen LogP contribution in [0.2, 0.25) is 0 Å². The summed E-state index contributed by atoms with van der Waals surface area (Å²) >= 11 is 0. The van der Waals surface area contributed by atoms with Crippen molar-refractivity contribution in [2.75, 3.05) is 0 Å². The van der Waals surface area contributed by atoms with E-state index in [1.807, 2.05) is 20.8 Å². The summed E-state index contributed by atoms with van der Waals surface area (Å²) in [5, 5.41) is 11.5. The highest BCUT2D eigenvalue weighted by molar-refractivity contribution is 7.90. The fraction of sp³-hybridized carbons (Fsp3) is 0.944. The van der Waals surface area contributed by atoms with Crippen molar-refractivity contribution in [3.63, 3.8) is 0 Å². The molecule has 5 rings (SSSR count). The number of rotatable bonds is 9. The molecule has 10 atom stereocenters. The van der Waals surface area contributed by atoms with Crippen LogP contribution in [0.25, 0.3) is 0 Å². The maximum Gasteiger partial charge on any atom is 0.311 e. The lowest BCUT2D eigenvalue weighted by molar-refractivity contribution is -0.185. The summed E-state index contributed by atoms with van der Waals surface area (Å²) in [5.74, 6) is 2.21. The first-order valence-corrected chi connectivity index (χ1v) is 19.6. The van der Waals surface area contributed by atoms with E-state index in [-0.39, 0.29) is 47.3 Å². The van der Waals surface area contributed by atoms with Gasteiger partial charge in [-0.3, -0.25) is 14.3 Å². The van der Waals surface area contributed by atoms with E-state index in [9.17, 15) is 23.1 Å². The second-order valence-electron chi connectivity index (χ2n) is 16.8. The molecule has 0 heterocycles. The van der Waals surface area contributed by atoms with E-state index >= 15 is 0 Å². The number of carbonyl (C=O) groups excluding carboxylic acids is 2. The molecule has 2 N–H and O–H groups in total. The minimum atomic E-state index is -3.60. The van der Waals surface area contributed by atoms with Crippen molar-refractivity contribution in [3.05, 3.63) is 0 Å². The summed E-state index contributed by atoms with van der Waals surface area (Å²) < 4.78 is 34.0. The molecule has 0 aromatic heterocycles. The van der Waals surface area contributed by atoms with Crippen LogP contribution < -0.4 is 4.72 Å². The summed E-state index contributed by atoms with van der Waals surface area (Å²) in [4.78, 5) is 25.6. The van der Waals surface area contributed by atoms with Crippen LogP contribution in [0.4, 0.5) is 0 Å². The molecule has 0 bridgehead atoms. The van der Waals surface area contributed by atoms with Crippen molar-refractivity contribution >= 4 is 21.9 Å². The number of amides is 1. The molecular weight excluding hydrogens is 574 g/mol. The van der Waals surface area contributed by atoms with Crippen molar-refractivity contribution in [2.24, 2.45) is 51.8 Å². The van der Waals surface area contributed by atoms with Gasteiger partial charge in [-0.05, 0) is 137 Å². The smallest absolute Gasteiger partial charge is 0.311 e. The summed E-state index contributed by atoms with van der Waals surface area (Å²) in [6.07, 6.45) is 13.7. The minimum absolute atomic E-state index is 0.00768. The molecule has 44 heavy (non-hydrogen) atoms. The number of hydrogen-bond donors (Lipinski definition) is 2. The van der Waals surface area contributed by atoms with Crippen LogP contribution in [-0.2, 0) is 24.3 Å². The molecular formula is C36H61NO6S. The van der Waals surface area contributed by atoms with Crippen molar-refractivity contribution in [3.8, 4) is 0 Å². The number of aliphatic hydroxyl groups is 1. The monoisotopic (exact) mass is 635 g/mol. The summed E-state index contributed by atoms with van der Waals surface area (Å²) in [5.41, 5.74) is -0.449. The Labute approximate surface area is 267 Å². The van der Waals surface area contributed by atoms with E-state index in [4.69, 9.17) is 4.74 Å². The average Bonchev–Trinajstić information content (AvgIpc) is 3.35. The van der Waals surface area contributed by atoms with Crippen molar-refractivity contribution < 1.29 is 27.9 Å². The number of fused-ring (bicyclic) bond motifs is 5. The minimum Gasteiger partial charge on any atom is -0.462 e. The van der Waals surface area contributed by atoms with E-state index < -0.39 is 20.7 Å². The molecule has 0 aromatic carbocycles. The average molecular weight is 636 g/mol.